The molecule has 1 aromatic carbocycles. The van der Waals surface area contributed by atoms with Crippen LogP contribution in [0.25, 0.3) is 0 Å². The van der Waals surface area contributed by atoms with Crippen LogP contribution in [0.1, 0.15) is 18.5 Å². The molecule has 1 atom stereocenters. The first-order chi connectivity index (χ1) is 6.95. The summed E-state index contributed by atoms with van der Waals surface area (Å²) in [5.74, 6) is 0. The average Bonchev–Trinajstić information content (AvgIpc) is 2.17. The van der Waals surface area contributed by atoms with Gasteiger partial charge in [0.15, 0.2) is 9.84 Å². The molecule has 0 aliphatic rings. The lowest BCUT2D eigenvalue weighted by atomic mass is 10.1. The molecule has 0 fully saturated rings. The van der Waals surface area contributed by atoms with Gasteiger partial charge in [-0.2, -0.15) is 5.48 Å². The minimum absolute atomic E-state index is 0.0311. The van der Waals surface area contributed by atoms with Crippen molar-refractivity contribution in [2.24, 2.45) is 0 Å². The Labute approximate surface area is 90.1 Å². The van der Waals surface area contributed by atoms with Crippen LogP contribution in [-0.2, 0) is 14.7 Å². The van der Waals surface area contributed by atoms with Crippen molar-refractivity contribution >= 4 is 9.84 Å². The maximum Gasteiger partial charge on any atom is 0.175 e. The third kappa shape index (κ3) is 3.30. The zero-order valence-electron chi connectivity index (χ0n) is 9.02. The van der Waals surface area contributed by atoms with Crippen molar-refractivity contribution in [1.29, 1.82) is 0 Å². The maximum atomic E-state index is 11.2. The van der Waals surface area contributed by atoms with Gasteiger partial charge in [-0.15, -0.1) is 0 Å². The predicted octanol–water partition coefficient (Wildman–Crippen LogP) is 1.30. The fourth-order valence-corrected chi connectivity index (χ4v) is 1.88. The number of rotatable bonds is 4. The molecule has 0 aliphatic heterocycles. The summed E-state index contributed by atoms with van der Waals surface area (Å²) >= 11 is 0. The molecule has 5 heteroatoms. The second-order valence-electron chi connectivity index (χ2n) is 3.38. The summed E-state index contributed by atoms with van der Waals surface area (Å²) in [6, 6.07) is 6.76. The van der Waals surface area contributed by atoms with Gasteiger partial charge in [-0.1, -0.05) is 12.1 Å². The summed E-state index contributed by atoms with van der Waals surface area (Å²) in [6.07, 6.45) is 1.19. The molecule has 84 valence electrons. The minimum Gasteiger partial charge on any atom is -0.305 e. The largest absolute Gasteiger partial charge is 0.305 e. The summed E-state index contributed by atoms with van der Waals surface area (Å²) in [7, 11) is -1.57. The number of hydrogen-bond acceptors (Lipinski definition) is 4. The van der Waals surface area contributed by atoms with Gasteiger partial charge >= 0.3 is 0 Å². The average molecular weight is 229 g/mol. The van der Waals surface area contributed by atoms with E-state index < -0.39 is 9.84 Å². The molecule has 0 spiro atoms. The predicted molar refractivity (Wildman–Crippen MR) is 58.1 cm³/mol. The highest BCUT2D eigenvalue weighted by atomic mass is 32.2. The van der Waals surface area contributed by atoms with Crippen LogP contribution in [0.15, 0.2) is 29.2 Å². The van der Waals surface area contributed by atoms with Gasteiger partial charge in [0, 0.05) is 6.26 Å². The topological polar surface area (TPSA) is 55.4 Å². The van der Waals surface area contributed by atoms with E-state index in [0.717, 1.165) is 5.56 Å². The fraction of sp³-hybridized carbons (Fsp3) is 0.400. The minimum atomic E-state index is -3.11. The van der Waals surface area contributed by atoms with Crippen LogP contribution in [0.5, 0.6) is 0 Å². The molecule has 1 aromatic rings. The van der Waals surface area contributed by atoms with E-state index in [2.05, 4.69) is 5.48 Å². The Morgan fingerprint density at radius 1 is 1.27 bits per heavy atom. The van der Waals surface area contributed by atoms with Gasteiger partial charge in [-0.25, -0.2) is 8.42 Å². The third-order valence-electron chi connectivity index (χ3n) is 2.10. The quantitative estimate of drug-likeness (QED) is 0.791. The van der Waals surface area contributed by atoms with Crippen molar-refractivity contribution in [3.8, 4) is 0 Å². The standard InChI is InChI=1S/C10H15NO3S/c1-8(11-14-2)9-4-6-10(7-5-9)15(3,12)13/h4-8,11H,1-3H3. The Hall–Kier alpha value is -0.910. The highest BCUT2D eigenvalue weighted by Crippen LogP contribution is 2.15. The molecule has 0 heterocycles. The zero-order chi connectivity index (χ0) is 11.5. The molecule has 1 rings (SSSR count). The molecule has 1 N–H and O–H groups in total. The second-order valence-corrected chi connectivity index (χ2v) is 5.40. The molecule has 15 heavy (non-hydrogen) atoms. The lowest BCUT2D eigenvalue weighted by Gasteiger charge is -2.12. The highest BCUT2D eigenvalue weighted by molar-refractivity contribution is 7.90. The van der Waals surface area contributed by atoms with Crippen molar-refractivity contribution in [2.45, 2.75) is 17.9 Å². The number of hydrogen-bond donors (Lipinski definition) is 1. The van der Waals surface area contributed by atoms with Crippen LogP contribution in [0.3, 0.4) is 0 Å². The molecule has 0 aliphatic carbocycles. The third-order valence-corrected chi connectivity index (χ3v) is 3.23. The molecular weight excluding hydrogens is 214 g/mol. The molecule has 4 nitrogen and oxygen atoms in total. The molecule has 0 bridgehead atoms. The van der Waals surface area contributed by atoms with Gasteiger partial charge in [0.1, 0.15) is 0 Å². The first-order valence-electron chi connectivity index (χ1n) is 4.53. The van der Waals surface area contributed by atoms with E-state index in [-0.39, 0.29) is 6.04 Å². The van der Waals surface area contributed by atoms with E-state index in [0.29, 0.717) is 4.90 Å². The van der Waals surface area contributed by atoms with Crippen molar-refractivity contribution < 1.29 is 13.3 Å². The summed E-state index contributed by atoms with van der Waals surface area (Å²) < 4.78 is 22.4. The van der Waals surface area contributed by atoms with E-state index in [9.17, 15) is 8.42 Å². The second kappa shape index (κ2) is 4.74. The lowest BCUT2D eigenvalue weighted by Crippen LogP contribution is -2.16. The van der Waals surface area contributed by atoms with Crippen molar-refractivity contribution in [3.63, 3.8) is 0 Å². The summed E-state index contributed by atoms with van der Waals surface area (Å²) in [6.45, 7) is 1.93. The van der Waals surface area contributed by atoms with Crippen LogP contribution in [0, 0.1) is 0 Å². The van der Waals surface area contributed by atoms with E-state index in [1.165, 1.54) is 6.26 Å². The van der Waals surface area contributed by atoms with Gasteiger partial charge in [-0.3, -0.25) is 0 Å². The summed E-state index contributed by atoms with van der Waals surface area (Å²) in [4.78, 5) is 5.12. The van der Waals surface area contributed by atoms with Gasteiger partial charge in [0.2, 0.25) is 0 Å². The van der Waals surface area contributed by atoms with Gasteiger partial charge in [-0.05, 0) is 24.6 Å². The van der Waals surface area contributed by atoms with E-state index >= 15 is 0 Å². The van der Waals surface area contributed by atoms with Gasteiger partial charge < -0.3 is 4.84 Å². The highest BCUT2D eigenvalue weighted by Gasteiger charge is 2.08. The maximum absolute atomic E-state index is 11.2. The van der Waals surface area contributed by atoms with Gasteiger partial charge in [0.25, 0.3) is 0 Å². The van der Waals surface area contributed by atoms with Crippen molar-refractivity contribution in [1.82, 2.24) is 5.48 Å². The Morgan fingerprint density at radius 3 is 2.20 bits per heavy atom. The molecule has 0 saturated carbocycles. The van der Waals surface area contributed by atoms with Crippen LogP contribution in [0.4, 0.5) is 0 Å². The molecule has 0 amide bonds. The van der Waals surface area contributed by atoms with Crippen LogP contribution in [-0.4, -0.2) is 21.8 Å². The summed E-state index contributed by atoms with van der Waals surface area (Å²) in [5.41, 5.74) is 3.75. The molecule has 0 radical (unpaired) electrons. The lowest BCUT2D eigenvalue weighted by molar-refractivity contribution is 0.0658. The van der Waals surface area contributed by atoms with E-state index in [1.54, 1.807) is 31.4 Å². The van der Waals surface area contributed by atoms with Crippen LogP contribution in [0.2, 0.25) is 0 Å². The first-order valence-corrected chi connectivity index (χ1v) is 6.43. The zero-order valence-corrected chi connectivity index (χ0v) is 9.84. The monoisotopic (exact) mass is 229 g/mol. The van der Waals surface area contributed by atoms with Crippen LogP contribution < -0.4 is 5.48 Å². The van der Waals surface area contributed by atoms with E-state index in [4.69, 9.17) is 4.84 Å². The Balaban J connectivity index is 2.90. The number of benzene rings is 1. The Morgan fingerprint density at radius 2 is 1.80 bits per heavy atom. The first kappa shape index (κ1) is 12.2. The smallest absolute Gasteiger partial charge is 0.175 e. The van der Waals surface area contributed by atoms with Crippen molar-refractivity contribution in [3.05, 3.63) is 29.8 Å². The SMILES string of the molecule is CONC(C)c1ccc(S(C)(=O)=O)cc1. The molecule has 0 saturated heterocycles. The van der Waals surface area contributed by atoms with Crippen LogP contribution >= 0.6 is 0 Å². The normalized spacial score (nSPS) is 13.8. The summed E-state index contributed by atoms with van der Waals surface area (Å²) in [5, 5.41) is 0. The van der Waals surface area contributed by atoms with Crippen molar-refractivity contribution in [2.75, 3.05) is 13.4 Å². The number of nitrogens with one attached hydrogen (secondary N) is 1. The molecule has 0 aromatic heterocycles. The Bertz CT molecular complexity index is 411. The number of hydroxylamine groups is 1. The Kier molecular flexibility index (Phi) is 3.84. The fourth-order valence-electron chi connectivity index (χ4n) is 1.25. The molecular formula is C10H15NO3S. The van der Waals surface area contributed by atoms with E-state index in [1.807, 2.05) is 6.92 Å². The molecule has 1 unspecified atom stereocenters. The number of sulfone groups is 1. The van der Waals surface area contributed by atoms with Gasteiger partial charge in [0.05, 0.1) is 18.0 Å².